The average molecular weight is 501 g/mol. The van der Waals surface area contributed by atoms with Crippen molar-refractivity contribution in [1.29, 1.82) is 0 Å². The summed E-state index contributed by atoms with van der Waals surface area (Å²) >= 11 is 3.28. The summed E-state index contributed by atoms with van der Waals surface area (Å²) in [6, 6.07) is 0.823. The Hall–Kier alpha value is -2.21. The van der Waals surface area contributed by atoms with Crippen molar-refractivity contribution in [1.82, 2.24) is 10.6 Å². The zero-order valence-electron chi connectivity index (χ0n) is 17.1. The van der Waals surface area contributed by atoms with E-state index in [1.54, 1.807) is 6.07 Å². The predicted octanol–water partition coefficient (Wildman–Crippen LogP) is 0.130. The highest BCUT2D eigenvalue weighted by atomic mass is 79.9. The predicted molar refractivity (Wildman–Crippen MR) is 111 cm³/mol. The number of ether oxygens (including phenoxy) is 3. The van der Waals surface area contributed by atoms with Gasteiger partial charge in [-0.1, -0.05) is 13.8 Å². The number of aliphatic hydroxyl groups is 2. The zero-order valence-corrected chi connectivity index (χ0v) is 18.7. The smallest absolute Gasteiger partial charge is 0.253 e. The van der Waals surface area contributed by atoms with Gasteiger partial charge in [0.25, 0.3) is 5.91 Å². The Labute approximate surface area is 187 Å². The van der Waals surface area contributed by atoms with Gasteiger partial charge in [0, 0.05) is 4.47 Å². The minimum absolute atomic E-state index is 0.0405. The Morgan fingerprint density at radius 1 is 1.13 bits per heavy atom. The van der Waals surface area contributed by atoms with Crippen LogP contribution in [0.25, 0.3) is 0 Å². The number of aliphatic hydroxyl groups excluding tert-OH is 2. The van der Waals surface area contributed by atoms with E-state index in [4.69, 9.17) is 14.2 Å². The van der Waals surface area contributed by atoms with Crippen molar-refractivity contribution in [2.24, 2.45) is 5.92 Å². The Balaban J connectivity index is 1.70. The number of hydrogen-bond acceptors (Lipinski definition) is 8. The number of halogens is 1. The first-order valence-electron chi connectivity index (χ1n) is 9.81. The van der Waals surface area contributed by atoms with Gasteiger partial charge in [0.05, 0.1) is 31.4 Å². The standard InChI is InChI=1S/C20H25BrN2O8/c1-10(2)3-13(17(26)20(7-25)8-31-20)22-19(28)14(6-24)23-18(27)11-4-15-16(5-12(11)21)30-9-29-15/h4-5,10,13-14,24-25H,3,6-9H2,1-2H3,(H,22,28)(H,23,27). The van der Waals surface area contributed by atoms with E-state index in [1.165, 1.54) is 6.07 Å². The third-order valence-electron chi connectivity index (χ3n) is 5.05. The molecule has 1 fully saturated rings. The van der Waals surface area contributed by atoms with Crippen LogP contribution in [0.15, 0.2) is 16.6 Å². The van der Waals surface area contributed by atoms with Gasteiger partial charge in [0.15, 0.2) is 22.9 Å². The molecule has 31 heavy (non-hydrogen) atoms. The molecule has 11 heteroatoms. The molecular formula is C20H25BrN2O8. The first-order chi connectivity index (χ1) is 14.7. The zero-order chi connectivity index (χ0) is 22.8. The lowest BCUT2D eigenvalue weighted by Crippen LogP contribution is -2.55. The number of ketones is 1. The molecule has 2 heterocycles. The summed E-state index contributed by atoms with van der Waals surface area (Å²) in [6.45, 7) is 2.74. The molecule has 2 aliphatic heterocycles. The molecule has 0 bridgehead atoms. The van der Waals surface area contributed by atoms with Crippen LogP contribution in [0.2, 0.25) is 0 Å². The second-order valence-corrected chi connectivity index (χ2v) is 8.74. The number of fused-ring (bicyclic) bond motifs is 1. The summed E-state index contributed by atoms with van der Waals surface area (Å²) in [4.78, 5) is 38.2. The molecule has 3 unspecified atom stereocenters. The van der Waals surface area contributed by atoms with Crippen LogP contribution >= 0.6 is 15.9 Å². The van der Waals surface area contributed by atoms with Crippen molar-refractivity contribution in [2.45, 2.75) is 38.0 Å². The van der Waals surface area contributed by atoms with E-state index in [-0.39, 0.29) is 24.9 Å². The number of nitrogens with one attached hydrogen (secondary N) is 2. The van der Waals surface area contributed by atoms with Crippen molar-refractivity contribution in [2.75, 3.05) is 26.6 Å². The fraction of sp³-hybridized carbons (Fsp3) is 0.550. The fourth-order valence-corrected chi connectivity index (χ4v) is 3.72. The quantitative estimate of drug-likeness (QED) is 0.331. The Bertz CT molecular complexity index is 871. The molecule has 10 nitrogen and oxygen atoms in total. The first-order valence-corrected chi connectivity index (χ1v) is 10.6. The van der Waals surface area contributed by atoms with Crippen molar-refractivity contribution < 1.29 is 38.8 Å². The summed E-state index contributed by atoms with van der Waals surface area (Å²) in [6.07, 6.45) is 0.315. The molecule has 0 aliphatic carbocycles. The van der Waals surface area contributed by atoms with Gasteiger partial charge in [0.1, 0.15) is 6.04 Å². The van der Waals surface area contributed by atoms with Crippen LogP contribution in [0.1, 0.15) is 30.6 Å². The Morgan fingerprint density at radius 2 is 1.77 bits per heavy atom. The lowest BCUT2D eigenvalue weighted by Gasteiger charge is -2.24. The molecule has 170 valence electrons. The second kappa shape index (κ2) is 9.51. The van der Waals surface area contributed by atoms with Gasteiger partial charge in [-0.05, 0) is 40.4 Å². The van der Waals surface area contributed by atoms with Crippen LogP contribution in [0.3, 0.4) is 0 Å². The van der Waals surface area contributed by atoms with E-state index < -0.39 is 48.5 Å². The average Bonchev–Trinajstić information content (AvgIpc) is 3.40. The summed E-state index contributed by atoms with van der Waals surface area (Å²) in [5.74, 6) is -0.840. The van der Waals surface area contributed by atoms with Crippen molar-refractivity contribution >= 4 is 33.5 Å². The molecule has 2 amide bonds. The van der Waals surface area contributed by atoms with Gasteiger partial charge >= 0.3 is 0 Å². The molecule has 3 atom stereocenters. The molecule has 1 aromatic carbocycles. The van der Waals surface area contributed by atoms with Gasteiger partial charge in [-0.25, -0.2) is 0 Å². The highest BCUT2D eigenvalue weighted by molar-refractivity contribution is 9.10. The number of benzene rings is 1. The molecule has 1 aromatic rings. The monoisotopic (exact) mass is 500 g/mol. The summed E-state index contributed by atoms with van der Waals surface area (Å²) < 4.78 is 16.1. The number of carbonyl (C=O) groups excluding carboxylic acids is 3. The maximum absolute atomic E-state index is 12.8. The number of Topliss-reactive ketones (excluding diaryl/α,β-unsaturated/α-hetero) is 1. The summed E-state index contributed by atoms with van der Waals surface area (Å²) in [7, 11) is 0. The van der Waals surface area contributed by atoms with E-state index >= 15 is 0 Å². The lowest BCUT2D eigenvalue weighted by atomic mass is 9.92. The highest BCUT2D eigenvalue weighted by Gasteiger charge is 2.54. The number of epoxide rings is 1. The molecular weight excluding hydrogens is 476 g/mol. The molecule has 0 saturated carbocycles. The maximum Gasteiger partial charge on any atom is 0.253 e. The van der Waals surface area contributed by atoms with Crippen LogP contribution in [-0.2, 0) is 14.3 Å². The van der Waals surface area contributed by atoms with Gasteiger partial charge in [-0.3, -0.25) is 14.4 Å². The Morgan fingerprint density at radius 3 is 2.32 bits per heavy atom. The van der Waals surface area contributed by atoms with Crippen LogP contribution in [0.5, 0.6) is 11.5 Å². The molecule has 0 spiro atoms. The van der Waals surface area contributed by atoms with Gasteiger partial charge in [0.2, 0.25) is 12.7 Å². The van der Waals surface area contributed by atoms with Gasteiger partial charge in [-0.15, -0.1) is 0 Å². The van der Waals surface area contributed by atoms with Crippen molar-refractivity contribution in [3.8, 4) is 11.5 Å². The number of hydrogen-bond donors (Lipinski definition) is 4. The summed E-state index contributed by atoms with van der Waals surface area (Å²) in [5, 5.41) is 24.2. The molecule has 0 radical (unpaired) electrons. The van der Waals surface area contributed by atoms with Crippen molar-refractivity contribution in [3.63, 3.8) is 0 Å². The van der Waals surface area contributed by atoms with Gasteiger partial charge in [-0.2, -0.15) is 0 Å². The Kier molecular flexibility index (Phi) is 7.20. The SMILES string of the molecule is CC(C)CC(NC(=O)C(CO)NC(=O)c1cc2c(cc1Br)OCO2)C(=O)C1(CO)CO1. The van der Waals surface area contributed by atoms with Gasteiger partial charge < -0.3 is 35.1 Å². The number of carbonyl (C=O) groups is 3. The first kappa shape index (κ1) is 23.5. The number of amides is 2. The summed E-state index contributed by atoms with van der Waals surface area (Å²) in [5.41, 5.74) is -1.10. The third kappa shape index (κ3) is 5.17. The minimum atomic E-state index is -1.29. The molecule has 4 N–H and O–H groups in total. The van der Waals surface area contributed by atoms with E-state index in [0.717, 1.165) is 0 Å². The van der Waals surface area contributed by atoms with E-state index in [1.807, 2.05) is 13.8 Å². The van der Waals surface area contributed by atoms with Crippen LogP contribution < -0.4 is 20.1 Å². The molecule has 0 aromatic heterocycles. The van der Waals surface area contributed by atoms with Crippen molar-refractivity contribution in [3.05, 3.63) is 22.2 Å². The van der Waals surface area contributed by atoms with E-state index in [9.17, 15) is 24.6 Å². The topological polar surface area (TPSA) is 147 Å². The van der Waals surface area contributed by atoms with E-state index in [0.29, 0.717) is 22.4 Å². The van der Waals surface area contributed by atoms with Crippen LogP contribution in [0, 0.1) is 5.92 Å². The van der Waals surface area contributed by atoms with E-state index in [2.05, 4.69) is 26.6 Å². The number of rotatable bonds is 10. The lowest BCUT2D eigenvalue weighted by molar-refractivity contribution is -0.133. The minimum Gasteiger partial charge on any atom is -0.454 e. The molecule has 3 rings (SSSR count). The molecule has 2 aliphatic rings. The normalized spacial score (nSPS) is 20.8. The van der Waals surface area contributed by atoms with Crippen LogP contribution in [-0.4, -0.2) is 72.1 Å². The maximum atomic E-state index is 12.8. The fourth-order valence-electron chi connectivity index (χ4n) is 3.21. The molecule has 1 saturated heterocycles. The largest absolute Gasteiger partial charge is 0.454 e. The second-order valence-electron chi connectivity index (χ2n) is 7.89. The third-order valence-corrected chi connectivity index (χ3v) is 5.70. The highest BCUT2D eigenvalue weighted by Crippen LogP contribution is 2.37. The van der Waals surface area contributed by atoms with Crippen LogP contribution in [0.4, 0.5) is 0 Å².